The number of hydrogen-bond acceptors (Lipinski definition) is 5. The summed E-state index contributed by atoms with van der Waals surface area (Å²) in [5.41, 5.74) is 1.17. The second-order valence-electron chi connectivity index (χ2n) is 7.06. The molecular weight excluding hydrogens is 320 g/mol. The smallest absolute Gasteiger partial charge is 0.224 e. The van der Waals surface area contributed by atoms with E-state index >= 15 is 0 Å². The minimum atomic E-state index is -0.124. The molecule has 3 rings (SSSR count). The predicted molar refractivity (Wildman–Crippen MR) is 95.3 cm³/mol. The summed E-state index contributed by atoms with van der Waals surface area (Å²) < 4.78 is 16.2. The molecule has 1 aliphatic carbocycles. The number of piperidine rings is 1. The van der Waals surface area contributed by atoms with Crippen molar-refractivity contribution in [3.63, 3.8) is 0 Å². The van der Waals surface area contributed by atoms with Crippen LogP contribution in [0.4, 0.5) is 0 Å². The normalized spacial score (nSPS) is 22.2. The molecule has 1 saturated heterocycles. The minimum absolute atomic E-state index is 0.124. The van der Waals surface area contributed by atoms with E-state index in [1.54, 1.807) is 21.3 Å². The van der Waals surface area contributed by atoms with E-state index in [1.807, 2.05) is 19.1 Å². The maximum atomic E-state index is 12.7. The molecule has 2 fully saturated rings. The van der Waals surface area contributed by atoms with Gasteiger partial charge in [-0.2, -0.15) is 0 Å². The molecule has 2 N–H and O–H groups in total. The van der Waals surface area contributed by atoms with E-state index in [0.29, 0.717) is 17.2 Å². The summed E-state index contributed by atoms with van der Waals surface area (Å²) in [5.74, 6) is 2.06. The van der Waals surface area contributed by atoms with Crippen LogP contribution in [0.2, 0.25) is 0 Å². The van der Waals surface area contributed by atoms with Gasteiger partial charge in [0, 0.05) is 5.92 Å². The molecule has 1 heterocycles. The van der Waals surface area contributed by atoms with Crippen LogP contribution in [0.1, 0.15) is 37.8 Å². The second kappa shape index (κ2) is 7.12. The molecular formula is C19H28N2O4. The Labute approximate surface area is 149 Å². The zero-order chi connectivity index (χ0) is 18.0. The van der Waals surface area contributed by atoms with Crippen molar-refractivity contribution in [1.82, 2.24) is 10.6 Å². The first kappa shape index (κ1) is 17.9. The summed E-state index contributed by atoms with van der Waals surface area (Å²) in [7, 11) is 4.77. The molecule has 1 amide bonds. The molecule has 6 heteroatoms. The first-order chi connectivity index (χ1) is 12.0. The number of rotatable bonds is 6. The molecule has 138 valence electrons. The maximum Gasteiger partial charge on any atom is 0.224 e. The third-order valence-electron chi connectivity index (χ3n) is 5.65. The lowest BCUT2D eigenvalue weighted by Gasteiger charge is -2.24. The summed E-state index contributed by atoms with van der Waals surface area (Å²) in [4.78, 5) is 12.7. The van der Waals surface area contributed by atoms with Gasteiger partial charge < -0.3 is 24.8 Å². The Bertz CT molecular complexity index is 615. The highest BCUT2D eigenvalue weighted by Gasteiger charge is 2.57. The van der Waals surface area contributed by atoms with Crippen molar-refractivity contribution in [3.8, 4) is 17.2 Å². The van der Waals surface area contributed by atoms with Crippen LogP contribution in [0.5, 0.6) is 17.2 Å². The number of benzene rings is 1. The lowest BCUT2D eigenvalue weighted by molar-refractivity contribution is -0.123. The van der Waals surface area contributed by atoms with E-state index in [-0.39, 0.29) is 23.3 Å². The lowest BCUT2D eigenvalue weighted by atomic mass is 9.91. The van der Waals surface area contributed by atoms with Gasteiger partial charge in [-0.15, -0.1) is 0 Å². The number of methoxy groups -OCH3 is 3. The molecule has 1 aromatic carbocycles. The SMILES string of the molecule is COc1cc(C(C)NC(=O)C2CC23CCNCC3)cc(OC)c1OC. The van der Waals surface area contributed by atoms with E-state index in [9.17, 15) is 4.79 Å². The standard InChI is InChI=1S/C19H28N2O4/c1-12(13-9-15(23-2)17(25-4)16(10-13)24-3)21-18(22)14-11-19(14)5-7-20-8-6-19/h9-10,12,14,20H,5-8,11H2,1-4H3,(H,21,22). The van der Waals surface area contributed by atoms with Crippen molar-refractivity contribution in [2.24, 2.45) is 11.3 Å². The van der Waals surface area contributed by atoms with Crippen molar-refractivity contribution < 1.29 is 19.0 Å². The molecule has 1 spiro atoms. The van der Waals surface area contributed by atoms with Gasteiger partial charge in [-0.3, -0.25) is 4.79 Å². The quantitative estimate of drug-likeness (QED) is 0.825. The average Bonchev–Trinajstić information content (AvgIpc) is 3.33. The molecule has 0 radical (unpaired) electrons. The van der Waals surface area contributed by atoms with Crippen LogP contribution in [-0.4, -0.2) is 40.3 Å². The van der Waals surface area contributed by atoms with Crippen molar-refractivity contribution in [2.75, 3.05) is 34.4 Å². The van der Waals surface area contributed by atoms with Gasteiger partial charge in [-0.1, -0.05) is 0 Å². The van der Waals surface area contributed by atoms with Gasteiger partial charge in [-0.05, 0) is 62.4 Å². The Kier molecular flexibility index (Phi) is 5.08. The van der Waals surface area contributed by atoms with Gasteiger partial charge >= 0.3 is 0 Å². The molecule has 25 heavy (non-hydrogen) atoms. The Hall–Kier alpha value is -1.95. The topological polar surface area (TPSA) is 68.8 Å². The summed E-state index contributed by atoms with van der Waals surface area (Å²) in [5, 5.41) is 6.53. The van der Waals surface area contributed by atoms with Crippen LogP contribution in [0.25, 0.3) is 0 Å². The molecule has 2 atom stereocenters. The second-order valence-corrected chi connectivity index (χ2v) is 7.06. The molecule has 1 saturated carbocycles. The molecule has 0 aromatic heterocycles. The van der Waals surface area contributed by atoms with Crippen LogP contribution in [0.3, 0.4) is 0 Å². The van der Waals surface area contributed by atoms with Crippen LogP contribution in [-0.2, 0) is 4.79 Å². The van der Waals surface area contributed by atoms with E-state index in [4.69, 9.17) is 14.2 Å². The Morgan fingerprint density at radius 1 is 1.16 bits per heavy atom. The maximum absolute atomic E-state index is 12.7. The van der Waals surface area contributed by atoms with E-state index in [0.717, 1.165) is 37.9 Å². The first-order valence-corrected chi connectivity index (χ1v) is 8.85. The van der Waals surface area contributed by atoms with Crippen molar-refractivity contribution in [1.29, 1.82) is 0 Å². The Morgan fingerprint density at radius 3 is 2.28 bits per heavy atom. The van der Waals surface area contributed by atoms with Gasteiger partial charge in [0.25, 0.3) is 0 Å². The summed E-state index contributed by atoms with van der Waals surface area (Å²) in [6.45, 7) is 4.02. The van der Waals surface area contributed by atoms with Crippen molar-refractivity contribution in [3.05, 3.63) is 17.7 Å². The molecule has 2 unspecified atom stereocenters. The third kappa shape index (κ3) is 3.40. The van der Waals surface area contributed by atoms with Crippen molar-refractivity contribution >= 4 is 5.91 Å². The van der Waals surface area contributed by atoms with E-state index < -0.39 is 0 Å². The lowest BCUT2D eigenvalue weighted by Crippen LogP contribution is -2.34. The summed E-state index contributed by atoms with van der Waals surface area (Å²) in [6, 6.07) is 3.65. The highest BCUT2D eigenvalue weighted by atomic mass is 16.5. The molecule has 0 bridgehead atoms. The average molecular weight is 348 g/mol. The Balaban J connectivity index is 1.71. The van der Waals surface area contributed by atoms with E-state index in [2.05, 4.69) is 10.6 Å². The number of carbonyl (C=O) groups excluding carboxylic acids is 1. The van der Waals surface area contributed by atoms with Crippen molar-refractivity contribution in [2.45, 2.75) is 32.2 Å². The number of carbonyl (C=O) groups is 1. The van der Waals surface area contributed by atoms with Gasteiger partial charge in [0.1, 0.15) is 0 Å². The fourth-order valence-electron chi connectivity index (χ4n) is 3.94. The predicted octanol–water partition coefficient (Wildman–Crippen LogP) is 2.28. The van der Waals surface area contributed by atoms with Gasteiger partial charge in [0.2, 0.25) is 11.7 Å². The van der Waals surface area contributed by atoms with Gasteiger partial charge in [0.05, 0.1) is 27.4 Å². The highest BCUT2D eigenvalue weighted by molar-refractivity contribution is 5.83. The van der Waals surface area contributed by atoms with Crippen LogP contribution >= 0.6 is 0 Å². The number of ether oxygens (including phenoxy) is 3. The largest absolute Gasteiger partial charge is 0.493 e. The van der Waals surface area contributed by atoms with E-state index in [1.165, 1.54) is 0 Å². The minimum Gasteiger partial charge on any atom is -0.493 e. The number of nitrogens with one attached hydrogen (secondary N) is 2. The van der Waals surface area contributed by atoms with Crippen LogP contribution in [0, 0.1) is 11.3 Å². The molecule has 1 aliphatic heterocycles. The monoisotopic (exact) mass is 348 g/mol. The van der Waals surface area contributed by atoms with Gasteiger partial charge in [-0.25, -0.2) is 0 Å². The van der Waals surface area contributed by atoms with Crippen LogP contribution < -0.4 is 24.8 Å². The molecule has 1 aromatic rings. The molecule has 2 aliphatic rings. The zero-order valence-electron chi connectivity index (χ0n) is 15.5. The highest BCUT2D eigenvalue weighted by Crippen LogP contribution is 2.58. The summed E-state index contributed by atoms with van der Waals surface area (Å²) >= 11 is 0. The van der Waals surface area contributed by atoms with Crippen LogP contribution in [0.15, 0.2) is 12.1 Å². The first-order valence-electron chi connectivity index (χ1n) is 8.85. The number of hydrogen-bond donors (Lipinski definition) is 2. The zero-order valence-corrected chi connectivity index (χ0v) is 15.5. The molecule has 6 nitrogen and oxygen atoms in total. The fourth-order valence-corrected chi connectivity index (χ4v) is 3.94. The Morgan fingerprint density at radius 2 is 1.76 bits per heavy atom. The number of amides is 1. The van der Waals surface area contributed by atoms with Gasteiger partial charge in [0.15, 0.2) is 11.5 Å². The summed E-state index contributed by atoms with van der Waals surface area (Å²) in [6.07, 6.45) is 3.22. The third-order valence-corrected chi connectivity index (χ3v) is 5.65. The fraction of sp³-hybridized carbons (Fsp3) is 0.632.